The van der Waals surface area contributed by atoms with E-state index in [4.69, 9.17) is 9.72 Å². The third-order valence-corrected chi connectivity index (χ3v) is 6.87. The molecule has 1 aliphatic heterocycles. The quantitative estimate of drug-likeness (QED) is 0.286. The Bertz CT molecular complexity index is 1800. The van der Waals surface area contributed by atoms with Gasteiger partial charge in [-0.1, -0.05) is 5.21 Å². The first kappa shape index (κ1) is 26.9. The van der Waals surface area contributed by atoms with Gasteiger partial charge in [-0.25, -0.2) is 33.4 Å². The summed E-state index contributed by atoms with van der Waals surface area (Å²) in [6.07, 6.45) is 1.92. The molecule has 0 spiro atoms. The molecule has 0 radical (unpaired) electrons. The van der Waals surface area contributed by atoms with Crippen molar-refractivity contribution >= 4 is 45.4 Å². The van der Waals surface area contributed by atoms with Crippen LogP contribution in [0.1, 0.15) is 5.56 Å². The number of hydrogen-bond acceptors (Lipinski definition) is 10. The molecule has 5 aromatic rings. The number of alkyl halides is 2. The fourth-order valence-electron chi connectivity index (χ4n) is 4.67. The number of nitrogens with one attached hydrogen (secondary N) is 1. The molecule has 12 nitrogen and oxygen atoms in total. The molecule has 214 valence electrons. The van der Waals surface area contributed by atoms with Crippen LogP contribution in [0, 0.1) is 6.92 Å². The lowest BCUT2D eigenvalue weighted by atomic mass is 10.2. The molecule has 1 fully saturated rings. The number of halogens is 2. The molecule has 0 unspecified atom stereocenters. The Morgan fingerprint density at radius 3 is 2.67 bits per heavy atom. The summed E-state index contributed by atoms with van der Waals surface area (Å²) in [5, 5.41) is 11.5. The van der Waals surface area contributed by atoms with Crippen molar-refractivity contribution in [1.29, 1.82) is 0 Å². The van der Waals surface area contributed by atoms with E-state index in [9.17, 15) is 13.6 Å². The highest BCUT2D eigenvalue weighted by Gasteiger charge is 2.22. The van der Waals surface area contributed by atoms with Crippen LogP contribution in [-0.4, -0.2) is 78.3 Å². The van der Waals surface area contributed by atoms with Crippen molar-refractivity contribution in [3.63, 3.8) is 0 Å². The fraction of sp³-hybridized carbons (Fsp3) is 0.250. The Labute approximate surface area is 238 Å². The second-order valence-electron chi connectivity index (χ2n) is 9.70. The Kier molecular flexibility index (Phi) is 7.25. The number of amides is 1. The topological polar surface area (TPSA) is 127 Å². The third-order valence-electron chi connectivity index (χ3n) is 6.87. The van der Waals surface area contributed by atoms with Gasteiger partial charge in [0.25, 0.3) is 6.43 Å². The number of anilines is 3. The SMILES string of the molecule is Cc1cc(Nc2ncnc3cnc(N4CCN(C(=O)/C=C/C(F)F)CC4)nc23)ccc1Oc1ccc2c(c1)nnn2C. The molecule has 42 heavy (non-hydrogen) atoms. The fourth-order valence-corrected chi connectivity index (χ4v) is 4.67. The van der Waals surface area contributed by atoms with Crippen LogP contribution >= 0.6 is 0 Å². The van der Waals surface area contributed by atoms with E-state index < -0.39 is 12.3 Å². The van der Waals surface area contributed by atoms with Crippen LogP contribution in [-0.2, 0) is 11.8 Å². The maximum absolute atomic E-state index is 12.4. The van der Waals surface area contributed by atoms with Crippen LogP contribution in [0.15, 0.2) is 61.1 Å². The van der Waals surface area contributed by atoms with Gasteiger partial charge >= 0.3 is 0 Å². The number of aromatic nitrogens is 7. The molecule has 14 heteroatoms. The van der Waals surface area contributed by atoms with E-state index in [2.05, 4.69) is 30.6 Å². The number of ether oxygens (including phenoxy) is 1. The second kappa shape index (κ2) is 11.3. The van der Waals surface area contributed by atoms with E-state index in [1.54, 1.807) is 10.9 Å². The number of benzene rings is 2. The van der Waals surface area contributed by atoms with Crippen molar-refractivity contribution in [1.82, 2.24) is 39.8 Å². The summed E-state index contributed by atoms with van der Waals surface area (Å²) in [6.45, 7) is 3.60. The first-order valence-electron chi connectivity index (χ1n) is 13.2. The highest BCUT2D eigenvalue weighted by Crippen LogP contribution is 2.31. The predicted molar refractivity (Wildman–Crippen MR) is 152 cm³/mol. The van der Waals surface area contributed by atoms with Crippen LogP contribution in [0.3, 0.4) is 0 Å². The summed E-state index contributed by atoms with van der Waals surface area (Å²) in [6, 6.07) is 11.4. The van der Waals surface area contributed by atoms with E-state index in [0.29, 0.717) is 66.6 Å². The minimum absolute atomic E-state index is 0.366. The molecule has 1 saturated heterocycles. The first-order chi connectivity index (χ1) is 20.3. The Hall–Kier alpha value is -5.27. The number of carbonyl (C=O) groups excluding carboxylic acids is 1. The van der Waals surface area contributed by atoms with Gasteiger partial charge in [-0.2, -0.15) is 0 Å². The monoisotopic (exact) mass is 572 g/mol. The number of carbonyl (C=O) groups is 1. The van der Waals surface area contributed by atoms with E-state index in [1.165, 1.54) is 11.2 Å². The Balaban J connectivity index is 1.16. The number of fused-ring (bicyclic) bond motifs is 2. The van der Waals surface area contributed by atoms with Gasteiger partial charge in [0.1, 0.15) is 34.4 Å². The highest BCUT2D eigenvalue weighted by atomic mass is 19.3. The van der Waals surface area contributed by atoms with Gasteiger partial charge in [0.2, 0.25) is 11.9 Å². The number of piperazine rings is 1. The number of hydrogen-bond donors (Lipinski definition) is 1. The molecule has 1 aliphatic rings. The summed E-state index contributed by atoms with van der Waals surface area (Å²) in [5.41, 5.74) is 4.46. The molecule has 1 N–H and O–H groups in total. The average Bonchev–Trinajstić information content (AvgIpc) is 3.37. The molecule has 6 rings (SSSR count). The number of nitrogens with zero attached hydrogens (tertiary/aromatic N) is 9. The normalized spacial score (nSPS) is 13.9. The lowest BCUT2D eigenvalue weighted by molar-refractivity contribution is -0.126. The number of aryl methyl sites for hydroxylation is 2. The third kappa shape index (κ3) is 5.64. The molecule has 4 heterocycles. The van der Waals surface area contributed by atoms with Crippen molar-refractivity contribution in [3.05, 3.63) is 66.6 Å². The maximum atomic E-state index is 12.4. The van der Waals surface area contributed by atoms with Crippen molar-refractivity contribution in [3.8, 4) is 11.5 Å². The van der Waals surface area contributed by atoms with Crippen LogP contribution in [0.2, 0.25) is 0 Å². The summed E-state index contributed by atoms with van der Waals surface area (Å²) in [7, 11) is 1.84. The molecule has 0 bridgehead atoms. The van der Waals surface area contributed by atoms with Gasteiger partial charge in [0.05, 0.1) is 11.7 Å². The maximum Gasteiger partial charge on any atom is 0.257 e. The van der Waals surface area contributed by atoms with Crippen molar-refractivity contribution in [2.45, 2.75) is 13.3 Å². The Morgan fingerprint density at radius 1 is 1.05 bits per heavy atom. The number of allylic oxidation sites excluding steroid dienone is 1. The standard InChI is InChI=1S/C28H26F2N10O2/c1-17-13-18(3-6-23(17)42-19-4-5-22-20(14-19)36-37-38(22)2)34-27-26-21(32-16-33-27)15-31-28(35-26)40-11-9-39(10-12-40)25(41)8-7-24(29)30/h3-8,13-16,24H,9-12H2,1-2H3,(H,32,33,34)/b8-7+. The molecule has 0 aliphatic carbocycles. The zero-order valence-electron chi connectivity index (χ0n) is 22.8. The molecule has 3 aromatic heterocycles. The van der Waals surface area contributed by atoms with E-state index in [1.807, 2.05) is 55.3 Å². The van der Waals surface area contributed by atoms with Gasteiger partial charge in [-0.15, -0.1) is 5.10 Å². The smallest absolute Gasteiger partial charge is 0.257 e. The highest BCUT2D eigenvalue weighted by molar-refractivity contribution is 5.88. The van der Waals surface area contributed by atoms with Crippen LogP contribution in [0.5, 0.6) is 11.5 Å². The predicted octanol–water partition coefficient (Wildman–Crippen LogP) is 4.02. The van der Waals surface area contributed by atoms with Crippen LogP contribution in [0.4, 0.5) is 26.2 Å². The number of rotatable bonds is 7. The van der Waals surface area contributed by atoms with E-state index in [-0.39, 0.29) is 0 Å². The van der Waals surface area contributed by atoms with E-state index in [0.717, 1.165) is 28.4 Å². The lowest BCUT2D eigenvalue weighted by Crippen LogP contribution is -2.48. The van der Waals surface area contributed by atoms with E-state index >= 15 is 0 Å². The van der Waals surface area contributed by atoms with Crippen molar-refractivity contribution in [2.24, 2.45) is 7.05 Å². The average molecular weight is 573 g/mol. The summed E-state index contributed by atoms with van der Waals surface area (Å²) >= 11 is 0. The summed E-state index contributed by atoms with van der Waals surface area (Å²) in [5.74, 6) is 1.90. The van der Waals surface area contributed by atoms with Crippen molar-refractivity contribution in [2.75, 3.05) is 36.4 Å². The largest absolute Gasteiger partial charge is 0.457 e. The molecule has 1 amide bonds. The van der Waals surface area contributed by atoms with Gasteiger partial charge in [0.15, 0.2) is 5.82 Å². The minimum Gasteiger partial charge on any atom is -0.457 e. The second-order valence-corrected chi connectivity index (χ2v) is 9.70. The van der Waals surface area contributed by atoms with Gasteiger partial charge in [-0.3, -0.25) is 4.79 Å². The molecular weight excluding hydrogens is 546 g/mol. The first-order valence-corrected chi connectivity index (χ1v) is 13.2. The Morgan fingerprint density at radius 2 is 1.88 bits per heavy atom. The molecule has 0 saturated carbocycles. The molecular formula is C28H26F2N10O2. The minimum atomic E-state index is -2.66. The molecule has 0 atom stereocenters. The molecule has 2 aromatic carbocycles. The van der Waals surface area contributed by atoms with Gasteiger partial charge in [-0.05, 0) is 48.9 Å². The summed E-state index contributed by atoms with van der Waals surface area (Å²) in [4.78, 5) is 33.5. The van der Waals surface area contributed by atoms with Crippen LogP contribution in [0.25, 0.3) is 22.1 Å². The zero-order valence-corrected chi connectivity index (χ0v) is 22.8. The van der Waals surface area contributed by atoms with Crippen molar-refractivity contribution < 1.29 is 18.3 Å². The van der Waals surface area contributed by atoms with Gasteiger partial charge in [0, 0.05) is 51.1 Å². The lowest BCUT2D eigenvalue weighted by Gasteiger charge is -2.34. The van der Waals surface area contributed by atoms with Gasteiger partial charge < -0.3 is 19.9 Å². The summed E-state index contributed by atoms with van der Waals surface area (Å²) < 4.78 is 32.6. The van der Waals surface area contributed by atoms with Crippen LogP contribution < -0.4 is 15.0 Å². The zero-order chi connectivity index (χ0) is 29.2.